The molecule has 8 nitrogen and oxygen atoms in total. The Balaban J connectivity index is 1.83. The minimum absolute atomic E-state index is 0.0258. The maximum absolute atomic E-state index is 12.7. The van der Waals surface area contributed by atoms with Crippen LogP contribution in [-0.4, -0.2) is 61.4 Å². The van der Waals surface area contributed by atoms with Crippen molar-refractivity contribution in [3.8, 4) is 5.75 Å². The molecule has 1 fully saturated rings. The highest BCUT2D eigenvalue weighted by Crippen LogP contribution is 2.23. The number of ether oxygens (including phenoxy) is 3. The number of esters is 1. The number of aromatic nitrogens is 1. The van der Waals surface area contributed by atoms with Gasteiger partial charge < -0.3 is 23.7 Å². The van der Waals surface area contributed by atoms with Gasteiger partial charge in [-0.1, -0.05) is 6.07 Å². The van der Waals surface area contributed by atoms with Crippen LogP contribution < -0.4 is 10.3 Å². The van der Waals surface area contributed by atoms with Crippen molar-refractivity contribution < 1.29 is 23.8 Å². The van der Waals surface area contributed by atoms with Crippen LogP contribution in [0.4, 0.5) is 0 Å². The van der Waals surface area contributed by atoms with Gasteiger partial charge in [0, 0.05) is 24.7 Å². The third-order valence-corrected chi connectivity index (χ3v) is 4.22. The molecule has 3 rings (SSSR count). The first kappa shape index (κ1) is 17.9. The zero-order valence-electron chi connectivity index (χ0n) is 14.5. The van der Waals surface area contributed by atoms with Gasteiger partial charge in [-0.15, -0.1) is 0 Å². The molecular weight excluding hydrogens is 340 g/mol. The third kappa shape index (κ3) is 3.85. The molecule has 0 atom stereocenters. The van der Waals surface area contributed by atoms with Gasteiger partial charge in [-0.3, -0.25) is 9.59 Å². The number of hydrogen-bond acceptors (Lipinski definition) is 6. The van der Waals surface area contributed by atoms with Crippen molar-refractivity contribution in [2.75, 3.05) is 40.0 Å². The van der Waals surface area contributed by atoms with E-state index in [1.165, 1.54) is 11.7 Å². The van der Waals surface area contributed by atoms with Gasteiger partial charge in [-0.2, -0.15) is 0 Å². The highest BCUT2D eigenvalue weighted by molar-refractivity contribution is 5.88. The summed E-state index contributed by atoms with van der Waals surface area (Å²) in [5.74, 6) is -0.212. The number of benzene rings is 1. The first-order valence-corrected chi connectivity index (χ1v) is 8.27. The Labute approximate surface area is 149 Å². The van der Waals surface area contributed by atoms with Gasteiger partial charge in [0.2, 0.25) is 5.91 Å². The van der Waals surface area contributed by atoms with Crippen LogP contribution in [0, 0.1) is 0 Å². The van der Waals surface area contributed by atoms with Gasteiger partial charge >= 0.3 is 5.97 Å². The predicted octanol–water partition coefficient (Wildman–Crippen LogP) is 0.412. The molecule has 0 bridgehead atoms. The van der Waals surface area contributed by atoms with E-state index in [9.17, 15) is 14.4 Å². The van der Waals surface area contributed by atoms with E-state index in [2.05, 4.69) is 4.74 Å². The SMILES string of the molecule is COC(=O)COc1cccc2c(=O)n(CC(=O)N3CCOCC3)ccc12. The second-order valence-corrected chi connectivity index (χ2v) is 5.82. The number of amides is 1. The largest absolute Gasteiger partial charge is 0.481 e. The average molecular weight is 360 g/mol. The summed E-state index contributed by atoms with van der Waals surface area (Å²) in [4.78, 5) is 38.0. The van der Waals surface area contributed by atoms with Gasteiger partial charge in [0.05, 0.1) is 25.7 Å². The lowest BCUT2D eigenvalue weighted by molar-refractivity contribution is -0.143. The van der Waals surface area contributed by atoms with Crippen LogP contribution >= 0.6 is 0 Å². The van der Waals surface area contributed by atoms with Crippen molar-refractivity contribution in [2.45, 2.75) is 6.54 Å². The number of morpholine rings is 1. The molecule has 1 amide bonds. The molecule has 0 spiro atoms. The van der Waals surface area contributed by atoms with Crippen molar-refractivity contribution in [1.29, 1.82) is 0 Å². The highest BCUT2D eigenvalue weighted by atomic mass is 16.6. The van der Waals surface area contributed by atoms with Crippen molar-refractivity contribution >= 4 is 22.6 Å². The number of methoxy groups -OCH3 is 1. The van der Waals surface area contributed by atoms with Crippen LogP contribution in [0.25, 0.3) is 10.8 Å². The van der Waals surface area contributed by atoms with Crippen LogP contribution in [0.3, 0.4) is 0 Å². The minimum atomic E-state index is -0.508. The molecule has 1 aromatic carbocycles. The van der Waals surface area contributed by atoms with Gasteiger partial charge in [0.15, 0.2) is 6.61 Å². The van der Waals surface area contributed by atoms with E-state index in [0.29, 0.717) is 42.8 Å². The van der Waals surface area contributed by atoms with Gasteiger partial charge in [-0.25, -0.2) is 4.79 Å². The lowest BCUT2D eigenvalue weighted by atomic mass is 10.1. The monoisotopic (exact) mass is 360 g/mol. The Morgan fingerprint density at radius 1 is 1.15 bits per heavy atom. The molecule has 1 aliphatic heterocycles. The summed E-state index contributed by atoms with van der Waals surface area (Å²) in [5.41, 5.74) is -0.285. The van der Waals surface area contributed by atoms with E-state index in [1.807, 2.05) is 0 Å². The zero-order valence-corrected chi connectivity index (χ0v) is 14.5. The van der Waals surface area contributed by atoms with Crippen molar-refractivity contribution in [2.24, 2.45) is 0 Å². The second-order valence-electron chi connectivity index (χ2n) is 5.82. The second kappa shape index (κ2) is 8.01. The van der Waals surface area contributed by atoms with E-state index in [0.717, 1.165) is 0 Å². The summed E-state index contributed by atoms with van der Waals surface area (Å²) in [5, 5.41) is 1.00. The molecule has 2 aromatic rings. The number of carbonyl (C=O) groups excluding carboxylic acids is 2. The van der Waals surface area contributed by atoms with Gasteiger partial charge in [-0.05, 0) is 18.2 Å². The Morgan fingerprint density at radius 3 is 2.65 bits per heavy atom. The molecule has 0 N–H and O–H groups in total. The number of hydrogen-bond donors (Lipinski definition) is 0. The summed E-state index contributed by atoms with van der Waals surface area (Å²) in [6.07, 6.45) is 1.56. The topological polar surface area (TPSA) is 87.1 Å². The Morgan fingerprint density at radius 2 is 1.92 bits per heavy atom. The normalized spacial score (nSPS) is 14.3. The molecule has 2 heterocycles. The zero-order chi connectivity index (χ0) is 18.5. The molecule has 8 heteroatoms. The fraction of sp³-hybridized carbons (Fsp3) is 0.389. The fourth-order valence-electron chi connectivity index (χ4n) is 2.79. The summed E-state index contributed by atoms with van der Waals surface area (Å²) >= 11 is 0. The lowest BCUT2D eigenvalue weighted by Crippen LogP contribution is -2.43. The van der Waals surface area contributed by atoms with Crippen molar-refractivity contribution in [3.63, 3.8) is 0 Å². The van der Waals surface area contributed by atoms with Crippen LogP contribution in [0.1, 0.15) is 0 Å². The quantitative estimate of drug-likeness (QED) is 0.718. The van der Waals surface area contributed by atoms with E-state index < -0.39 is 5.97 Å². The van der Waals surface area contributed by atoms with Gasteiger partial charge in [0.1, 0.15) is 12.3 Å². The molecule has 0 radical (unpaired) electrons. The smallest absolute Gasteiger partial charge is 0.343 e. The van der Waals surface area contributed by atoms with Crippen LogP contribution in [0.15, 0.2) is 35.3 Å². The lowest BCUT2D eigenvalue weighted by Gasteiger charge is -2.27. The number of nitrogens with zero attached hydrogens (tertiary/aromatic N) is 2. The average Bonchev–Trinajstić information content (AvgIpc) is 2.68. The van der Waals surface area contributed by atoms with Crippen LogP contribution in [0.5, 0.6) is 5.75 Å². The molecule has 1 aliphatic rings. The third-order valence-electron chi connectivity index (χ3n) is 4.22. The highest BCUT2D eigenvalue weighted by Gasteiger charge is 2.18. The Kier molecular flexibility index (Phi) is 5.52. The Bertz CT molecular complexity index is 870. The summed E-state index contributed by atoms with van der Waals surface area (Å²) in [6, 6.07) is 6.72. The van der Waals surface area contributed by atoms with E-state index in [1.54, 1.807) is 35.4 Å². The molecule has 1 saturated heterocycles. The molecule has 0 aliphatic carbocycles. The first-order chi connectivity index (χ1) is 12.6. The molecule has 26 heavy (non-hydrogen) atoms. The van der Waals surface area contributed by atoms with E-state index >= 15 is 0 Å². The van der Waals surface area contributed by atoms with Crippen molar-refractivity contribution in [1.82, 2.24) is 9.47 Å². The number of pyridine rings is 1. The van der Waals surface area contributed by atoms with Crippen LogP contribution in [-0.2, 0) is 25.6 Å². The maximum Gasteiger partial charge on any atom is 0.343 e. The number of rotatable bonds is 5. The predicted molar refractivity (Wildman–Crippen MR) is 93.1 cm³/mol. The van der Waals surface area contributed by atoms with Crippen molar-refractivity contribution in [3.05, 3.63) is 40.8 Å². The van der Waals surface area contributed by atoms with Crippen LogP contribution in [0.2, 0.25) is 0 Å². The first-order valence-electron chi connectivity index (χ1n) is 8.27. The summed E-state index contributed by atoms with van der Waals surface area (Å²) < 4.78 is 16.6. The molecule has 138 valence electrons. The number of fused-ring (bicyclic) bond motifs is 1. The maximum atomic E-state index is 12.7. The van der Waals surface area contributed by atoms with E-state index in [4.69, 9.17) is 9.47 Å². The number of carbonyl (C=O) groups is 2. The fourth-order valence-corrected chi connectivity index (χ4v) is 2.79. The van der Waals surface area contributed by atoms with E-state index in [-0.39, 0.29) is 24.6 Å². The van der Waals surface area contributed by atoms with Gasteiger partial charge in [0.25, 0.3) is 5.56 Å². The molecular formula is C18H20N2O6. The molecule has 0 unspecified atom stereocenters. The Hall–Kier alpha value is -2.87. The standard InChI is InChI=1S/C18H20N2O6/c1-24-17(22)12-26-15-4-2-3-14-13(15)5-6-20(18(14)23)11-16(21)19-7-9-25-10-8-19/h2-6H,7-12H2,1H3. The summed E-state index contributed by atoms with van der Waals surface area (Å²) in [6.45, 7) is 1.83. The minimum Gasteiger partial charge on any atom is -0.481 e. The molecule has 1 aromatic heterocycles. The summed E-state index contributed by atoms with van der Waals surface area (Å²) in [7, 11) is 1.28. The molecule has 0 saturated carbocycles.